The molecule has 4 aromatic rings. The molecule has 3 N–H and O–H groups in total. The quantitative estimate of drug-likeness (QED) is 0.446. The van der Waals surface area contributed by atoms with Crippen molar-refractivity contribution in [1.29, 1.82) is 0 Å². The highest BCUT2D eigenvalue weighted by Gasteiger charge is 2.36. The molecule has 6 nitrogen and oxygen atoms in total. The molecular weight excluding hydrogens is 424 g/mol. The Bertz CT molecular complexity index is 1330. The lowest BCUT2D eigenvalue weighted by molar-refractivity contribution is 0.0726. The van der Waals surface area contributed by atoms with Gasteiger partial charge in [0.2, 0.25) is 0 Å². The van der Waals surface area contributed by atoms with Crippen LogP contribution in [0.15, 0.2) is 78.9 Å². The predicted octanol–water partition coefficient (Wildman–Crippen LogP) is 4.54. The monoisotopic (exact) mass is 452 g/mol. The van der Waals surface area contributed by atoms with Crippen molar-refractivity contribution in [2.24, 2.45) is 5.73 Å². The van der Waals surface area contributed by atoms with Crippen LogP contribution in [0.2, 0.25) is 0 Å². The van der Waals surface area contributed by atoms with Crippen molar-refractivity contribution in [2.45, 2.75) is 25.3 Å². The first-order valence-electron chi connectivity index (χ1n) is 11.8. The number of benzene rings is 3. The van der Waals surface area contributed by atoms with Gasteiger partial charge in [-0.2, -0.15) is 0 Å². The number of nitrogens with one attached hydrogen (secondary N) is 1. The number of ether oxygens (including phenoxy) is 1. The number of piperazine rings is 1. The van der Waals surface area contributed by atoms with Crippen LogP contribution in [0.3, 0.4) is 0 Å². The molecule has 3 aromatic carbocycles. The fourth-order valence-corrected chi connectivity index (χ4v) is 5.08. The van der Waals surface area contributed by atoms with Gasteiger partial charge in [0.05, 0.1) is 5.69 Å². The van der Waals surface area contributed by atoms with Gasteiger partial charge < -0.3 is 25.3 Å². The minimum absolute atomic E-state index is 0.0146. The molecule has 0 bridgehead atoms. The second kappa shape index (κ2) is 8.31. The zero-order chi connectivity index (χ0) is 23.2. The highest BCUT2D eigenvalue weighted by Crippen LogP contribution is 2.39. The molecule has 6 rings (SSSR count). The second-order valence-electron chi connectivity index (χ2n) is 9.20. The zero-order valence-corrected chi connectivity index (χ0v) is 19.1. The number of aromatic nitrogens is 1. The molecule has 3 heterocycles. The van der Waals surface area contributed by atoms with Crippen LogP contribution in [0.25, 0.3) is 22.0 Å². The zero-order valence-electron chi connectivity index (χ0n) is 19.1. The number of carbonyl (C=O) groups excluding carboxylic acids is 1. The summed E-state index contributed by atoms with van der Waals surface area (Å²) < 4.78 is 5.40. The minimum Gasteiger partial charge on any atom is -0.351 e. The normalized spacial score (nSPS) is 22.2. The topological polar surface area (TPSA) is 77.9 Å². The van der Waals surface area contributed by atoms with Crippen molar-refractivity contribution in [3.8, 4) is 11.3 Å². The third-order valence-electron chi connectivity index (χ3n) is 6.97. The number of hydrogen-bond donors (Lipinski definition) is 2. The van der Waals surface area contributed by atoms with Crippen LogP contribution in [0.5, 0.6) is 0 Å². The number of nitrogens with zero attached hydrogens (tertiary/aromatic N) is 2. The van der Waals surface area contributed by atoms with Gasteiger partial charge in [0.25, 0.3) is 5.91 Å². The lowest BCUT2D eigenvalue weighted by atomic mass is 10.0. The molecule has 1 amide bonds. The van der Waals surface area contributed by atoms with E-state index >= 15 is 0 Å². The summed E-state index contributed by atoms with van der Waals surface area (Å²) in [6, 6.07) is 26.7. The average Bonchev–Trinajstić information content (AvgIpc) is 3.49. The second-order valence-corrected chi connectivity index (χ2v) is 9.20. The van der Waals surface area contributed by atoms with Crippen LogP contribution < -0.4 is 10.6 Å². The molecule has 2 aliphatic heterocycles. The molecule has 2 saturated heterocycles. The molecule has 3 atom stereocenters. The molecule has 0 aliphatic carbocycles. The van der Waals surface area contributed by atoms with Gasteiger partial charge in [-0.05, 0) is 30.2 Å². The van der Waals surface area contributed by atoms with Crippen LogP contribution >= 0.6 is 0 Å². The fraction of sp³-hybridized carbons (Fsp3) is 0.250. The number of anilines is 1. The third-order valence-corrected chi connectivity index (χ3v) is 6.97. The van der Waals surface area contributed by atoms with Gasteiger partial charge in [-0.1, -0.05) is 66.7 Å². The Labute approximate surface area is 198 Å². The highest BCUT2D eigenvalue weighted by molar-refractivity contribution is 6.03. The Hall–Kier alpha value is -3.61. The van der Waals surface area contributed by atoms with Gasteiger partial charge in [-0.25, -0.2) is 0 Å². The SMILES string of the molecule is C[C@@H]1CN(C(=O)c2ccccc2)CCN1c1[nH]c(-c2ccc(C3OC3N)cc2)c2ccccc12. The van der Waals surface area contributed by atoms with Gasteiger partial charge in [0.15, 0.2) is 0 Å². The van der Waals surface area contributed by atoms with Crippen molar-refractivity contribution in [3.63, 3.8) is 0 Å². The summed E-state index contributed by atoms with van der Waals surface area (Å²) in [6.07, 6.45) is -0.168. The fourth-order valence-electron chi connectivity index (χ4n) is 5.08. The van der Waals surface area contributed by atoms with E-state index in [1.54, 1.807) is 0 Å². The van der Waals surface area contributed by atoms with E-state index < -0.39 is 0 Å². The molecule has 0 saturated carbocycles. The van der Waals surface area contributed by atoms with Crippen LogP contribution in [0.1, 0.15) is 28.9 Å². The van der Waals surface area contributed by atoms with Crippen LogP contribution in [0.4, 0.5) is 5.82 Å². The number of aromatic amines is 1. The molecular formula is C28H28N4O2. The van der Waals surface area contributed by atoms with Crippen LogP contribution in [-0.2, 0) is 4.74 Å². The summed E-state index contributed by atoms with van der Waals surface area (Å²) >= 11 is 0. The number of epoxide rings is 1. The largest absolute Gasteiger partial charge is 0.351 e. The number of nitrogens with two attached hydrogens (primary N) is 1. The van der Waals surface area contributed by atoms with E-state index in [1.165, 1.54) is 10.8 Å². The number of carbonyl (C=O) groups is 1. The molecule has 0 spiro atoms. The van der Waals surface area contributed by atoms with Crippen molar-refractivity contribution >= 4 is 22.5 Å². The van der Waals surface area contributed by atoms with E-state index in [4.69, 9.17) is 10.5 Å². The molecule has 0 radical (unpaired) electrons. The van der Waals surface area contributed by atoms with Gasteiger partial charge in [0, 0.05) is 42.0 Å². The first-order chi connectivity index (χ1) is 16.6. The summed E-state index contributed by atoms with van der Waals surface area (Å²) in [7, 11) is 0. The molecule has 6 heteroatoms. The Morgan fingerprint density at radius 2 is 1.62 bits per heavy atom. The molecule has 172 valence electrons. The number of fused-ring (bicyclic) bond motifs is 1. The van der Waals surface area contributed by atoms with Gasteiger partial charge >= 0.3 is 0 Å². The summed E-state index contributed by atoms with van der Waals surface area (Å²) in [6.45, 7) is 4.34. The van der Waals surface area contributed by atoms with E-state index in [9.17, 15) is 4.79 Å². The smallest absolute Gasteiger partial charge is 0.253 e. The minimum atomic E-state index is -0.183. The van der Waals surface area contributed by atoms with Crippen molar-refractivity contribution in [1.82, 2.24) is 9.88 Å². The summed E-state index contributed by atoms with van der Waals surface area (Å²) in [5, 5.41) is 2.39. The number of H-pyrrole nitrogens is 1. The first kappa shape index (κ1) is 21.0. The predicted molar refractivity (Wildman–Crippen MR) is 135 cm³/mol. The number of hydrogen-bond acceptors (Lipinski definition) is 4. The van der Waals surface area contributed by atoms with Gasteiger partial charge in [0.1, 0.15) is 18.1 Å². The van der Waals surface area contributed by atoms with E-state index in [2.05, 4.69) is 65.3 Å². The molecule has 34 heavy (non-hydrogen) atoms. The maximum Gasteiger partial charge on any atom is 0.253 e. The maximum atomic E-state index is 13.0. The summed E-state index contributed by atoms with van der Waals surface area (Å²) in [4.78, 5) is 21.1. The van der Waals surface area contributed by atoms with Gasteiger partial charge in [-0.3, -0.25) is 4.79 Å². The Morgan fingerprint density at radius 3 is 2.29 bits per heavy atom. The van der Waals surface area contributed by atoms with Crippen molar-refractivity contribution in [3.05, 3.63) is 90.0 Å². The standard InChI is InChI=1S/C28H28N4O2/c1-18-17-31(28(33)21-7-3-2-4-8-21)15-16-32(18)27-23-10-6-5-9-22(23)24(30-27)19-11-13-20(14-12-19)25-26(29)34-25/h2-14,18,25-26,30H,15-17,29H2,1H3/t18-,25?,26?/m1/s1. The lowest BCUT2D eigenvalue weighted by Crippen LogP contribution is -2.54. The molecule has 2 fully saturated rings. The molecule has 2 unspecified atom stereocenters. The van der Waals surface area contributed by atoms with Gasteiger partial charge in [-0.15, -0.1) is 0 Å². The number of rotatable bonds is 4. The Balaban J connectivity index is 1.28. The van der Waals surface area contributed by atoms with Crippen LogP contribution in [0, 0.1) is 0 Å². The average molecular weight is 453 g/mol. The van der Waals surface area contributed by atoms with E-state index in [0.717, 1.165) is 34.7 Å². The third kappa shape index (κ3) is 3.65. The van der Waals surface area contributed by atoms with Crippen molar-refractivity contribution in [2.75, 3.05) is 24.5 Å². The number of amides is 1. The Kier molecular flexibility index (Phi) is 5.12. The lowest BCUT2D eigenvalue weighted by Gasteiger charge is -2.40. The van der Waals surface area contributed by atoms with Crippen LogP contribution in [-0.4, -0.2) is 47.7 Å². The maximum absolute atomic E-state index is 13.0. The van der Waals surface area contributed by atoms with E-state index in [0.29, 0.717) is 13.1 Å². The van der Waals surface area contributed by atoms with E-state index in [-0.39, 0.29) is 24.3 Å². The van der Waals surface area contributed by atoms with Crippen molar-refractivity contribution < 1.29 is 9.53 Å². The first-order valence-corrected chi connectivity index (χ1v) is 11.8. The Morgan fingerprint density at radius 1 is 0.941 bits per heavy atom. The molecule has 2 aliphatic rings. The summed E-state index contributed by atoms with van der Waals surface area (Å²) in [5.74, 6) is 1.21. The highest BCUT2D eigenvalue weighted by atomic mass is 16.6. The summed E-state index contributed by atoms with van der Waals surface area (Å²) in [5.41, 5.74) is 9.92. The molecule has 1 aromatic heterocycles. The van der Waals surface area contributed by atoms with E-state index in [1.807, 2.05) is 35.2 Å².